The second kappa shape index (κ2) is 9.03. The van der Waals surface area contributed by atoms with Crippen molar-refractivity contribution < 1.29 is 9.47 Å². The normalized spacial score (nSPS) is 20.2. The zero-order valence-corrected chi connectivity index (χ0v) is 18.4. The summed E-state index contributed by atoms with van der Waals surface area (Å²) in [7, 11) is 1.62. The van der Waals surface area contributed by atoms with Crippen molar-refractivity contribution in [2.24, 2.45) is 5.73 Å². The molecule has 0 saturated heterocycles. The van der Waals surface area contributed by atoms with Crippen molar-refractivity contribution in [3.05, 3.63) is 35.9 Å². The van der Waals surface area contributed by atoms with Crippen molar-refractivity contribution in [1.29, 1.82) is 5.26 Å². The summed E-state index contributed by atoms with van der Waals surface area (Å²) >= 11 is 0. The third kappa shape index (κ3) is 4.45. The minimum Gasteiger partial charge on any atom is -0.489 e. The van der Waals surface area contributed by atoms with E-state index < -0.39 is 0 Å². The number of aromatic nitrogens is 5. The molecule has 0 aromatic carbocycles. The second-order valence-electron chi connectivity index (χ2n) is 8.56. The fourth-order valence-corrected chi connectivity index (χ4v) is 4.27. The first-order chi connectivity index (χ1) is 16.1. The fourth-order valence-electron chi connectivity index (χ4n) is 4.27. The van der Waals surface area contributed by atoms with Crippen molar-refractivity contribution in [3.8, 4) is 29.0 Å². The van der Waals surface area contributed by atoms with Crippen LogP contribution in [-0.4, -0.2) is 44.4 Å². The van der Waals surface area contributed by atoms with E-state index in [1.807, 2.05) is 18.2 Å². The van der Waals surface area contributed by atoms with Gasteiger partial charge < -0.3 is 20.5 Å². The van der Waals surface area contributed by atoms with Crippen LogP contribution in [0, 0.1) is 11.3 Å². The summed E-state index contributed by atoms with van der Waals surface area (Å²) in [4.78, 5) is 13.0. The minimum absolute atomic E-state index is 0.0644. The monoisotopic (exact) mass is 446 g/mol. The van der Waals surface area contributed by atoms with E-state index in [0.29, 0.717) is 29.1 Å². The van der Waals surface area contributed by atoms with Crippen LogP contribution in [0.3, 0.4) is 0 Å². The van der Waals surface area contributed by atoms with Gasteiger partial charge >= 0.3 is 0 Å². The third-order valence-electron chi connectivity index (χ3n) is 6.28. The van der Waals surface area contributed by atoms with Crippen LogP contribution in [0.25, 0.3) is 11.3 Å². The average Bonchev–Trinajstić information content (AvgIpc) is 3.41. The zero-order valence-electron chi connectivity index (χ0n) is 18.4. The van der Waals surface area contributed by atoms with Crippen LogP contribution in [0.15, 0.2) is 24.5 Å². The molecule has 0 bridgehead atoms. The number of methoxy groups -OCH3 is 1. The third-order valence-corrected chi connectivity index (χ3v) is 6.28. The first-order valence-electron chi connectivity index (χ1n) is 11.2. The van der Waals surface area contributed by atoms with E-state index >= 15 is 0 Å². The molecule has 2 fully saturated rings. The van der Waals surface area contributed by atoms with E-state index in [1.165, 1.54) is 18.8 Å². The Morgan fingerprint density at radius 1 is 1.15 bits per heavy atom. The molecule has 5 rings (SSSR count). The van der Waals surface area contributed by atoms with E-state index in [0.717, 1.165) is 49.1 Å². The smallest absolute Gasteiger partial charge is 0.226 e. The van der Waals surface area contributed by atoms with Gasteiger partial charge in [-0.1, -0.05) is 6.42 Å². The Bertz CT molecular complexity index is 1170. The van der Waals surface area contributed by atoms with Gasteiger partial charge in [0.1, 0.15) is 29.3 Å². The molecule has 4 N–H and O–H groups in total. The van der Waals surface area contributed by atoms with Gasteiger partial charge in [-0.05, 0) is 32.1 Å². The summed E-state index contributed by atoms with van der Waals surface area (Å²) in [5.41, 5.74) is 8.81. The topological polar surface area (TPSA) is 148 Å². The maximum atomic E-state index is 8.89. The Morgan fingerprint density at radius 2 is 2.03 bits per heavy atom. The van der Waals surface area contributed by atoms with E-state index in [4.69, 9.17) is 25.5 Å². The molecular formula is C23H26N8O2. The summed E-state index contributed by atoms with van der Waals surface area (Å²) in [5, 5.41) is 19.4. The van der Waals surface area contributed by atoms with Gasteiger partial charge in [0.05, 0.1) is 30.9 Å². The van der Waals surface area contributed by atoms with E-state index in [-0.39, 0.29) is 17.8 Å². The second-order valence-corrected chi connectivity index (χ2v) is 8.56. The van der Waals surface area contributed by atoms with Gasteiger partial charge in [-0.3, -0.25) is 5.10 Å². The maximum Gasteiger partial charge on any atom is 0.226 e. The van der Waals surface area contributed by atoms with Gasteiger partial charge in [-0.2, -0.15) is 10.4 Å². The predicted octanol–water partition coefficient (Wildman–Crippen LogP) is 3.41. The molecule has 0 unspecified atom stereocenters. The maximum absolute atomic E-state index is 8.89. The Balaban J connectivity index is 1.47. The number of anilines is 2. The van der Waals surface area contributed by atoms with Crippen molar-refractivity contribution in [1.82, 2.24) is 25.1 Å². The molecule has 2 saturated carbocycles. The number of ether oxygens (including phenoxy) is 2. The Hall–Kier alpha value is -3.71. The van der Waals surface area contributed by atoms with Crippen LogP contribution in [0.4, 0.5) is 11.6 Å². The van der Waals surface area contributed by atoms with Crippen LogP contribution in [-0.2, 0) is 0 Å². The number of hydrogen-bond donors (Lipinski definition) is 3. The van der Waals surface area contributed by atoms with Gasteiger partial charge in [-0.25, -0.2) is 15.0 Å². The Kier molecular flexibility index (Phi) is 5.79. The van der Waals surface area contributed by atoms with Gasteiger partial charge in [0.25, 0.3) is 0 Å². The van der Waals surface area contributed by atoms with E-state index in [1.54, 1.807) is 7.11 Å². The summed E-state index contributed by atoms with van der Waals surface area (Å²) < 4.78 is 12.2. The lowest BCUT2D eigenvalue weighted by Gasteiger charge is -2.27. The molecule has 0 spiro atoms. The number of nitrogens with two attached hydrogens (primary N) is 1. The van der Waals surface area contributed by atoms with Crippen molar-refractivity contribution in [2.75, 3.05) is 12.4 Å². The minimum atomic E-state index is 0.0644. The quantitative estimate of drug-likeness (QED) is 0.496. The average molecular weight is 447 g/mol. The van der Waals surface area contributed by atoms with Gasteiger partial charge in [0.15, 0.2) is 11.5 Å². The number of nitrogens with one attached hydrogen (secondary N) is 2. The van der Waals surface area contributed by atoms with Gasteiger partial charge in [-0.15, -0.1) is 0 Å². The lowest BCUT2D eigenvalue weighted by Crippen LogP contribution is -2.20. The molecule has 10 heteroatoms. The largest absolute Gasteiger partial charge is 0.489 e. The molecular weight excluding hydrogens is 420 g/mol. The number of hydrogen-bond acceptors (Lipinski definition) is 9. The molecule has 2 aliphatic carbocycles. The number of rotatable bonds is 7. The molecule has 0 radical (unpaired) electrons. The molecule has 170 valence electrons. The highest BCUT2D eigenvalue weighted by Crippen LogP contribution is 2.44. The summed E-state index contributed by atoms with van der Waals surface area (Å²) in [6, 6.07) is 6.01. The van der Waals surface area contributed by atoms with Crippen molar-refractivity contribution in [3.63, 3.8) is 0 Å². The predicted molar refractivity (Wildman–Crippen MR) is 121 cm³/mol. The van der Waals surface area contributed by atoms with E-state index in [2.05, 4.69) is 25.5 Å². The number of aromatic amines is 1. The number of nitrogens with zero attached hydrogens (tertiary/aromatic N) is 5. The summed E-state index contributed by atoms with van der Waals surface area (Å²) in [5.74, 6) is 2.70. The highest BCUT2D eigenvalue weighted by atomic mass is 16.5. The summed E-state index contributed by atoms with van der Waals surface area (Å²) in [6.07, 6.45) is 9.15. The SMILES string of the molecule is COc1nc(C2CCC2)cc(O[C@@H]2CC[C@H](N)C2)c1-c1cc(Nc2cnc(C#N)cn2)n[nH]1. The number of pyridine rings is 1. The standard InChI is InChI=1S/C23H26N8O2/c1-32-23-22(18-9-20(31-30-18)29-21-12-26-15(10-24)11-27-21)19(33-16-6-5-14(25)7-16)8-17(28-23)13-3-2-4-13/h8-9,11-14,16H,2-7,25H2,1H3,(H2,27,29,30,31)/t14-,16+/m0/s1. The molecule has 10 nitrogen and oxygen atoms in total. The van der Waals surface area contributed by atoms with Crippen molar-refractivity contribution in [2.45, 2.75) is 56.6 Å². The van der Waals surface area contributed by atoms with Crippen LogP contribution in [0.5, 0.6) is 11.6 Å². The summed E-state index contributed by atoms with van der Waals surface area (Å²) in [6.45, 7) is 0. The van der Waals surface area contributed by atoms with Crippen molar-refractivity contribution >= 4 is 11.6 Å². The lowest BCUT2D eigenvalue weighted by molar-refractivity contribution is 0.207. The molecule has 0 amide bonds. The molecule has 0 aliphatic heterocycles. The molecule has 33 heavy (non-hydrogen) atoms. The van der Waals surface area contributed by atoms with Crippen LogP contribution < -0.4 is 20.5 Å². The highest BCUT2D eigenvalue weighted by Gasteiger charge is 2.29. The van der Waals surface area contributed by atoms with Crippen LogP contribution in [0.1, 0.15) is 55.8 Å². The fraction of sp³-hybridized carbons (Fsp3) is 0.435. The molecule has 3 aromatic rings. The lowest BCUT2D eigenvalue weighted by atomic mass is 9.82. The molecule has 2 atom stereocenters. The van der Waals surface area contributed by atoms with Gasteiger partial charge in [0.2, 0.25) is 5.88 Å². The first-order valence-corrected chi connectivity index (χ1v) is 11.2. The first kappa shape index (κ1) is 21.2. The van der Waals surface area contributed by atoms with E-state index in [9.17, 15) is 0 Å². The Labute approximate surface area is 191 Å². The molecule has 3 heterocycles. The van der Waals surface area contributed by atoms with Gasteiger partial charge in [0, 0.05) is 24.1 Å². The highest BCUT2D eigenvalue weighted by molar-refractivity contribution is 5.75. The van der Waals surface area contributed by atoms with Crippen LogP contribution in [0.2, 0.25) is 0 Å². The molecule has 3 aromatic heterocycles. The Morgan fingerprint density at radius 3 is 2.67 bits per heavy atom. The molecule has 2 aliphatic rings. The van der Waals surface area contributed by atoms with Crippen LogP contribution >= 0.6 is 0 Å². The zero-order chi connectivity index (χ0) is 22.8. The number of nitriles is 1. The number of H-pyrrole nitrogens is 1.